The van der Waals surface area contributed by atoms with Crippen molar-refractivity contribution in [1.29, 1.82) is 0 Å². The number of halogens is 1. The van der Waals surface area contributed by atoms with Crippen molar-refractivity contribution >= 4 is 27.7 Å². The van der Waals surface area contributed by atoms with E-state index in [1.165, 1.54) is 0 Å². The number of ether oxygens (including phenoxy) is 1. The van der Waals surface area contributed by atoms with Gasteiger partial charge < -0.3 is 4.74 Å². The number of hydrogen-bond donors (Lipinski definition) is 1. The molecule has 0 atom stereocenters. The molecule has 0 aromatic heterocycles. The number of anilines is 1. The summed E-state index contributed by atoms with van der Waals surface area (Å²) in [5, 5.41) is 2.63. The highest BCUT2D eigenvalue weighted by atomic mass is 79.9. The lowest BCUT2D eigenvalue weighted by Gasteiger charge is -2.06. The minimum atomic E-state index is -0.501. The van der Waals surface area contributed by atoms with E-state index < -0.39 is 6.09 Å². The summed E-state index contributed by atoms with van der Waals surface area (Å²) < 4.78 is 6.04. The number of carbonyl (C=O) groups is 1. The standard InChI is InChI=1S/C13H10BrNO2/c14-10-6-8-12(9-7-10)17-13(16)15-11-4-2-1-3-5-11/h1-9H,(H,15,16). The average molecular weight is 292 g/mol. The maximum atomic E-state index is 11.5. The Balaban J connectivity index is 1.96. The molecule has 1 N–H and O–H groups in total. The predicted octanol–water partition coefficient (Wildman–Crippen LogP) is 4.06. The fraction of sp³-hybridized carbons (Fsp3) is 0. The summed E-state index contributed by atoms with van der Waals surface area (Å²) >= 11 is 3.31. The Labute approximate surface area is 108 Å². The lowest BCUT2D eigenvalue weighted by Crippen LogP contribution is -2.16. The van der Waals surface area contributed by atoms with Crippen LogP contribution in [-0.2, 0) is 0 Å². The molecule has 1 amide bonds. The van der Waals surface area contributed by atoms with Crippen molar-refractivity contribution < 1.29 is 9.53 Å². The zero-order chi connectivity index (χ0) is 12.1. The van der Waals surface area contributed by atoms with Gasteiger partial charge in [0, 0.05) is 10.2 Å². The highest BCUT2D eigenvalue weighted by Gasteiger charge is 2.04. The van der Waals surface area contributed by atoms with Gasteiger partial charge in [-0.05, 0) is 36.4 Å². The molecule has 86 valence electrons. The molecule has 0 bridgehead atoms. The van der Waals surface area contributed by atoms with E-state index in [1.54, 1.807) is 24.3 Å². The lowest BCUT2D eigenvalue weighted by atomic mass is 10.3. The van der Waals surface area contributed by atoms with Crippen molar-refractivity contribution in [2.24, 2.45) is 0 Å². The van der Waals surface area contributed by atoms with Gasteiger partial charge in [0.15, 0.2) is 0 Å². The van der Waals surface area contributed by atoms with Crippen LogP contribution in [0.25, 0.3) is 0 Å². The topological polar surface area (TPSA) is 38.3 Å². The summed E-state index contributed by atoms with van der Waals surface area (Å²) in [6.07, 6.45) is -0.501. The second-order valence-corrected chi connectivity index (χ2v) is 4.25. The molecule has 0 fully saturated rings. The van der Waals surface area contributed by atoms with Gasteiger partial charge >= 0.3 is 6.09 Å². The first-order valence-electron chi connectivity index (χ1n) is 5.03. The van der Waals surface area contributed by atoms with Crippen LogP contribution in [0.5, 0.6) is 5.75 Å². The second kappa shape index (κ2) is 5.50. The van der Waals surface area contributed by atoms with E-state index in [-0.39, 0.29) is 0 Å². The smallest absolute Gasteiger partial charge is 0.410 e. The van der Waals surface area contributed by atoms with Crippen LogP contribution in [0.1, 0.15) is 0 Å². The summed E-state index contributed by atoms with van der Waals surface area (Å²) in [5.41, 5.74) is 0.703. The van der Waals surface area contributed by atoms with Crippen LogP contribution in [0.3, 0.4) is 0 Å². The molecular formula is C13H10BrNO2. The van der Waals surface area contributed by atoms with Crippen molar-refractivity contribution in [3.8, 4) is 5.75 Å². The number of para-hydroxylation sites is 1. The van der Waals surface area contributed by atoms with E-state index in [0.29, 0.717) is 11.4 Å². The van der Waals surface area contributed by atoms with Crippen LogP contribution in [0.4, 0.5) is 10.5 Å². The van der Waals surface area contributed by atoms with Crippen LogP contribution in [-0.4, -0.2) is 6.09 Å². The Morgan fingerprint density at radius 3 is 2.29 bits per heavy atom. The van der Waals surface area contributed by atoms with E-state index in [4.69, 9.17) is 4.74 Å². The van der Waals surface area contributed by atoms with Gasteiger partial charge in [0.1, 0.15) is 5.75 Å². The van der Waals surface area contributed by atoms with E-state index >= 15 is 0 Å². The van der Waals surface area contributed by atoms with Crippen molar-refractivity contribution in [2.75, 3.05) is 5.32 Å². The first-order valence-corrected chi connectivity index (χ1v) is 5.83. The Kier molecular flexibility index (Phi) is 3.77. The summed E-state index contributed by atoms with van der Waals surface area (Å²) in [5.74, 6) is 0.502. The maximum Gasteiger partial charge on any atom is 0.417 e. The second-order valence-electron chi connectivity index (χ2n) is 3.33. The van der Waals surface area contributed by atoms with Crippen LogP contribution < -0.4 is 10.1 Å². The maximum absolute atomic E-state index is 11.5. The number of nitrogens with one attached hydrogen (secondary N) is 1. The molecule has 0 unspecified atom stereocenters. The van der Waals surface area contributed by atoms with E-state index in [2.05, 4.69) is 21.2 Å². The molecule has 2 aromatic carbocycles. The Morgan fingerprint density at radius 2 is 1.65 bits per heavy atom. The van der Waals surface area contributed by atoms with Gasteiger partial charge in [-0.25, -0.2) is 4.79 Å². The fourth-order valence-corrected chi connectivity index (χ4v) is 1.54. The van der Waals surface area contributed by atoms with E-state index in [1.807, 2.05) is 30.3 Å². The van der Waals surface area contributed by atoms with Gasteiger partial charge in [-0.15, -0.1) is 0 Å². The molecule has 0 heterocycles. The highest BCUT2D eigenvalue weighted by molar-refractivity contribution is 9.10. The minimum Gasteiger partial charge on any atom is -0.410 e. The van der Waals surface area contributed by atoms with Gasteiger partial charge in [-0.1, -0.05) is 34.1 Å². The van der Waals surface area contributed by atoms with Gasteiger partial charge in [0.25, 0.3) is 0 Å². The van der Waals surface area contributed by atoms with Gasteiger partial charge in [-0.2, -0.15) is 0 Å². The van der Waals surface area contributed by atoms with Crippen LogP contribution in [0.2, 0.25) is 0 Å². The molecular weight excluding hydrogens is 282 g/mol. The molecule has 0 saturated heterocycles. The van der Waals surface area contributed by atoms with Crippen molar-refractivity contribution in [1.82, 2.24) is 0 Å². The van der Waals surface area contributed by atoms with Crippen molar-refractivity contribution in [3.63, 3.8) is 0 Å². The lowest BCUT2D eigenvalue weighted by molar-refractivity contribution is 0.215. The molecule has 2 aromatic rings. The number of carbonyl (C=O) groups excluding carboxylic acids is 1. The largest absolute Gasteiger partial charge is 0.417 e. The third-order valence-electron chi connectivity index (χ3n) is 2.04. The molecule has 3 nitrogen and oxygen atoms in total. The molecule has 17 heavy (non-hydrogen) atoms. The van der Waals surface area contributed by atoms with Gasteiger partial charge in [0.2, 0.25) is 0 Å². The molecule has 0 aliphatic rings. The van der Waals surface area contributed by atoms with Crippen molar-refractivity contribution in [2.45, 2.75) is 0 Å². The van der Waals surface area contributed by atoms with E-state index in [0.717, 1.165) is 4.47 Å². The first-order chi connectivity index (χ1) is 8.24. The quantitative estimate of drug-likeness (QED) is 0.906. The highest BCUT2D eigenvalue weighted by Crippen LogP contribution is 2.16. The van der Waals surface area contributed by atoms with Gasteiger partial charge in [-0.3, -0.25) is 5.32 Å². The van der Waals surface area contributed by atoms with Crippen LogP contribution in [0.15, 0.2) is 59.1 Å². The Hall–Kier alpha value is -1.81. The number of hydrogen-bond acceptors (Lipinski definition) is 2. The Morgan fingerprint density at radius 1 is 1.00 bits per heavy atom. The number of benzene rings is 2. The SMILES string of the molecule is O=C(Nc1ccccc1)Oc1ccc(Br)cc1. The number of rotatable bonds is 2. The normalized spacial score (nSPS) is 9.71. The summed E-state index contributed by atoms with van der Waals surface area (Å²) in [4.78, 5) is 11.5. The third kappa shape index (κ3) is 3.60. The summed E-state index contributed by atoms with van der Waals surface area (Å²) in [7, 11) is 0. The molecule has 0 spiro atoms. The molecule has 4 heteroatoms. The van der Waals surface area contributed by atoms with Gasteiger partial charge in [0.05, 0.1) is 0 Å². The minimum absolute atomic E-state index is 0.501. The average Bonchev–Trinajstić information content (AvgIpc) is 2.33. The first kappa shape index (κ1) is 11.7. The zero-order valence-corrected chi connectivity index (χ0v) is 10.5. The number of amides is 1. The van der Waals surface area contributed by atoms with E-state index in [9.17, 15) is 4.79 Å². The molecule has 0 aliphatic heterocycles. The summed E-state index contributed by atoms with van der Waals surface area (Å²) in [6.45, 7) is 0. The fourth-order valence-electron chi connectivity index (χ4n) is 1.27. The van der Waals surface area contributed by atoms with Crippen LogP contribution >= 0.6 is 15.9 Å². The third-order valence-corrected chi connectivity index (χ3v) is 2.57. The van der Waals surface area contributed by atoms with Crippen molar-refractivity contribution in [3.05, 3.63) is 59.1 Å². The predicted molar refractivity (Wildman–Crippen MR) is 70.2 cm³/mol. The summed E-state index contributed by atoms with van der Waals surface area (Å²) in [6, 6.07) is 16.2. The monoisotopic (exact) mass is 291 g/mol. The molecule has 2 rings (SSSR count). The zero-order valence-electron chi connectivity index (χ0n) is 8.89. The molecule has 0 aliphatic carbocycles. The Bertz CT molecular complexity index is 497. The molecule has 0 saturated carbocycles. The van der Waals surface area contributed by atoms with Crippen LogP contribution in [0, 0.1) is 0 Å². The molecule has 0 radical (unpaired) electrons.